The van der Waals surface area contributed by atoms with Gasteiger partial charge >= 0.3 is 5.97 Å². The largest absolute Gasteiger partial charge is 0.478 e. The molecule has 0 unspecified atom stereocenters. The molecule has 1 saturated heterocycles. The van der Waals surface area contributed by atoms with Gasteiger partial charge in [0, 0.05) is 23.6 Å². The first-order valence-corrected chi connectivity index (χ1v) is 10.8. The highest BCUT2D eigenvalue weighted by molar-refractivity contribution is 5.89. The number of fused-ring (bicyclic) bond motifs is 1. The molecule has 0 aliphatic carbocycles. The van der Waals surface area contributed by atoms with Gasteiger partial charge in [-0.2, -0.15) is 0 Å². The minimum Gasteiger partial charge on any atom is -0.478 e. The van der Waals surface area contributed by atoms with Crippen LogP contribution in [0.5, 0.6) is 0 Å². The van der Waals surface area contributed by atoms with Crippen molar-refractivity contribution in [3.05, 3.63) is 95.6 Å². The highest BCUT2D eigenvalue weighted by atomic mass is 16.4. The van der Waals surface area contributed by atoms with Crippen LogP contribution in [0.4, 0.5) is 0 Å². The van der Waals surface area contributed by atoms with Crippen LogP contribution < -0.4 is 0 Å². The minimum atomic E-state index is -0.852. The van der Waals surface area contributed by atoms with Gasteiger partial charge in [0.05, 0.1) is 18.4 Å². The predicted molar refractivity (Wildman–Crippen MR) is 120 cm³/mol. The Morgan fingerprint density at radius 1 is 0.968 bits per heavy atom. The summed E-state index contributed by atoms with van der Waals surface area (Å²) in [6.45, 7) is 3.36. The van der Waals surface area contributed by atoms with Crippen molar-refractivity contribution >= 4 is 16.9 Å². The van der Waals surface area contributed by atoms with E-state index in [1.165, 1.54) is 16.5 Å². The molecule has 0 bridgehead atoms. The van der Waals surface area contributed by atoms with Gasteiger partial charge < -0.3 is 14.1 Å². The van der Waals surface area contributed by atoms with E-state index in [4.69, 9.17) is 4.42 Å². The van der Waals surface area contributed by atoms with Crippen molar-refractivity contribution in [2.24, 2.45) is 0 Å². The molecule has 0 saturated carbocycles. The van der Waals surface area contributed by atoms with Gasteiger partial charge in [-0.3, -0.25) is 4.90 Å². The Labute approximate surface area is 181 Å². The van der Waals surface area contributed by atoms with Crippen LogP contribution in [0.3, 0.4) is 0 Å². The van der Waals surface area contributed by atoms with E-state index in [1.807, 2.05) is 24.3 Å². The Morgan fingerprint density at radius 3 is 2.52 bits per heavy atom. The van der Waals surface area contributed by atoms with Gasteiger partial charge in [0.25, 0.3) is 0 Å². The van der Waals surface area contributed by atoms with Crippen LogP contribution in [0.15, 0.2) is 77.5 Å². The molecule has 0 spiro atoms. The second-order valence-corrected chi connectivity index (χ2v) is 8.32. The molecule has 3 heterocycles. The number of hydrogen-bond acceptors (Lipinski definition) is 3. The molecule has 31 heavy (non-hydrogen) atoms. The molecular weight excluding hydrogens is 388 g/mol. The summed E-state index contributed by atoms with van der Waals surface area (Å²) in [5, 5.41) is 10.8. The maximum absolute atomic E-state index is 11.5. The highest BCUT2D eigenvalue weighted by Gasteiger charge is 2.24. The normalized spacial score (nSPS) is 15.5. The monoisotopic (exact) mass is 414 g/mol. The fourth-order valence-electron chi connectivity index (χ4n) is 4.81. The van der Waals surface area contributed by atoms with E-state index in [9.17, 15) is 9.90 Å². The van der Waals surface area contributed by atoms with Crippen molar-refractivity contribution in [2.45, 2.75) is 31.8 Å². The van der Waals surface area contributed by atoms with Crippen LogP contribution in [0.2, 0.25) is 0 Å². The van der Waals surface area contributed by atoms with Crippen LogP contribution in [0, 0.1) is 0 Å². The third-order valence-corrected chi connectivity index (χ3v) is 6.39. The first kappa shape index (κ1) is 19.6. The first-order valence-electron chi connectivity index (χ1n) is 10.8. The highest BCUT2D eigenvalue weighted by Crippen LogP contribution is 2.35. The SMILES string of the molecule is O=C(O)c1ccccc1CN1CCC(c2cn(Cc3ccco3)c3ccccc23)CC1. The molecule has 158 valence electrons. The van der Waals surface area contributed by atoms with Crippen LogP contribution in [-0.2, 0) is 13.1 Å². The fourth-order valence-corrected chi connectivity index (χ4v) is 4.81. The number of carbonyl (C=O) groups is 1. The van der Waals surface area contributed by atoms with Crippen LogP contribution in [0.25, 0.3) is 10.9 Å². The summed E-state index contributed by atoms with van der Waals surface area (Å²) in [6, 6.07) is 19.9. The summed E-state index contributed by atoms with van der Waals surface area (Å²) >= 11 is 0. The smallest absolute Gasteiger partial charge is 0.336 e. The lowest BCUT2D eigenvalue weighted by Crippen LogP contribution is -2.32. The van der Waals surface area contributed by atoms with Crippen LogP contribution in [0.1, 0.15) is 46.0 Å². The summed E-state index contributed by atoms with van der Waals surface area (Å²) in [6.07, 6.45) is 6.17. The summed E-state index contributed by atoms with van der Waals surface area (Å²) in [5.41, 5.74) is 3.95. The Bertz CT molecular complexity index is 1180. The van der Waals surface area contributed by atoms with Gasteiger partial charge in [-0.15, -0.1) is 0 Å². The molecule has 0 radical (unpaired) electrons. The lowest BCUT2D eigenvalue weighted by atomic mass is 9.89. The fraction of sp³-hybridized carbons (Fsp3) is 0.269. The molecule has 1 aliphatic heterocycles. The van der Waals surface area contributed by atoms with Crippen molar-refractivity contribution in [1.29, 1.82) is 0 Å². The molecule has 5 rings (SSSR count). The quantitative estimate of drug-likeness (QED) is 0.461. The number of nitrogens with zero attached hydrogens (tertiary/aromatic N) is 2. The molecular formula is C26H26N2O3. The number of piperidine rings is 1. The van der Waals surface area contributed by atoms with Gasteiger partial charge in [0.15, 0.2) is 0 Å². The number of para-hydroxylation sites is 1. The minimum absolute atomic E-state index is 0.408. The van der Waals surface area contributed by atoms with E-state index in [0.717, 1.165) is 43.8 Å². The Hall–Kier alpha value is -3.31. The molecule has 4 aromatic rings. The third kappa shape index (κ3) is 4.01. The number of benzene rings is 2. The van der Waals surface area contributed by atoms with Crippen molar-refractivity contribution in [1.82, 2.24) is 9.47 Å². The average molecular weight is 415 g/mol. The molecule has 1 N–H and O–H groups in total. The van der Waals surface area contributed by atoms with E-state index in [0.29, 0.717) is 18.0 Å². The second kappa shape index (κ2) is 8.44. The van der Waals surface area contributed by atoms with Crippen molar-refractivity contribution in [3.63, 3.8) is 0 Å². The lowest BCUT2D eigenvalue weighted by molar-refractivity contribution is 0.0694. The van der Waals surface area contributed by atoms with Crippen LogP contribution in [-0.4, -0.2) is 33.6 Å². The number of rotatable bonds is 6. The third-order valence-electron chi connectivity index (χ3n) is 6.39. The molecule has 0 atom stereocenters. The predicted octanol–water partition coefficient (Wildman–Crippen LogP) is 5.36. The number of aromatic nitrogens is 1. The van der Waals surface area contributed by atoms with Gasteiger partial charge in [-0.25, -0.2) is 4.79 Å². The zero-order valence-electron chi connectivity index (χ0n) is 17.4. The second-order valence-electron chi connectivity index (χ2n) is 8.32. The van der Waals surface area contributed by atoms with E-state index in [-0.39, 0.29) is 0 Å². The van der Waals surface area contributed by atoms with Gasteiger partial charge in [0.2, 0.25) is 0 Å². The van der Waals surface area contributed by atoms with E-state index in [2.05, 4.69) is 39.9 Å². The number of hydrogen-bond donors (Lipinski definition) is 1. The molecule has 5 heteroatoms. The van der Waals surface area contributed by atoms with Gasteiger partial charge in [-0.1, -0.05) is 36.4 Å². The standard InChI is InChI=1S/C26H26N2O3/c29-26(30)22-8-2-1-6-20(22)16-27-13-11-19(12-14-27)24-18-28(17-21-7-5-15-31-21)25-10-4-3-9-23(24)25/h1-10,15,18-19H,11-14,16-17H2,(H,29,30). The zero-order valence-corrected chi connectivity index (χ0v) is 17.4. The van der Waals surface area contributed by atoms with Gasteiger partial charge in [-0.05, 0) is 67.2 Å². The summed E-state index contributed by atoms with van der Waals surface area (Å²) in [7, 11) is 0. The summed E-state index contributed by atoms with van der Waals surface area (Å²) < 4.78 is 7.86. The Balaban J connectivity index is 1.32. The van der Waals surface area contributed by atoms with Crippen LogP contribution >= 0.6 is 0 Å². The summed E-state index contributed by atoms with van der Waals surface area (Å²) in [5.74, 6) is 0.614. The number of likely N-dealkylation sites (tertiary alicyclic amines) is 1. The lowest BCUT2D eigenvalue weighted by Gasteiger charge is -2.32. The van der Waals surface area contributed by atoms with E-state index >= 15 is 0 Å². The molecule has 0 amide bonds. The van der Waals surface area contributed by atoms with E-state index in [1.54, 1.807) is 18.4 Å². The number of aromatic carboxylic acids is 1. The number of furan rings is 1. The first-order chi connectivity index (χ1) is 15.2. The van der Waals surface area contributed by atoms with Crippen molar-refractivity contribution in [3.8, 4) is 0 Å². The Kier molecular flexibility index (Phi) is 5.35. The number of carboxylic acids is 1. The maximum atomic E-state index is 11.5. The molecule has 2 aromatic carbocycles. The molecule has 5 nitrogen and oxygen atoms in total. The van der Waals surface area contributed by atoms with Crippen molar-refractivity contribution in [2.75, 3.05) is 13.1 Å². The van der Waals surface area contributed by atoms with E-state index < -0.39 is 5.97 Å². The topological polar surface area (TPSA) is 58.6 Å². The molecule has 1 aliphatic rings. The zero-order chi connectivity index (χ0) is 21.2. The number of carboxylic acid groups (broad SMARTS) is 1. The van der Waals surface area contributed by atoms with Crippen molar-refractivity contribution < 1.29 is 14.3 Å². The molecule has 2 aromatic heterocycles. The summed E-state index contributed by atoms with van der Waals surface area (Å²) in [4.78, 5) is 13.9. The average Bonchev–Trinajstić information content (AvgIpc) is 3.43. The van der Waals surface area contributed by atoms with Gasteiger partial charge in [0.1, 0.15) is 5.76 Å². The Morgan fingerprint density at radius 2 is 1.74 bits per heavy atom. The molecule has 1 fully saturated rings. The maximum Gasteiger partial charge on any atom is 0.336 e.